The molecule has 156 valence electrons. The van der Waals surface area contributed by atoms with Gasteiger partial charge in [0.1, 0.15) is 5.82 Å². The van der Waals surface area contributed by atoms with E-state index in [2.05, 4.69) is 10.5 Å². The van der Waals surface area contributed by atoms with E-state index in [1.165, 1.54) is 6.07 Å². The van der Waals surface area contributed by atoms with Crippen LogP contribution >= 0.6 is 0 Å². The van der Waals surface area contributed by atoms with Gasteiger partial charge in [-0.3, -0.25) is 9.59 Å². The number of carbonyl (C=O) groups excluding carboxylic acids is 2. The SMILES string of the molecule is O=C(CNC(=O)c1cc(-c2ccccc2)on1)NC(c1ccc(F)cc1)C(F)(F)F. The van der Waals surface area contributed by atoms with Crippen LogP contribution in [0.3, 0.4) is 0 Å². The average molecular weight is 421 g/mol. The Balaban J connectivity index is 1.61. The highest BCUT2D eigenvalue weighted by molar-refractivity contribution is 5.95. The highest BCUT2D eigenvalue weighted by Crippen LogP contribution is 2.32. The third-order valence-corrected chi connectivity index (χ3v) is 4.05. The minimum atomic E-state index is -4.81. The van der Waals surface area contributed by atoms with Gasteiger partial charge < -0.3 is 15.2 Å². The first kappa shape index (κ1) is 21.0. The number of nitrogens with one attached hydrogen (secondary N) is 2. The van der Waals surface area contributed by atoms with Crippen LogP contribution in [-0.2, 0) is 4.79 Å². The fourth-order valence-electron chi connectivity index (χ4n) is 2.59. The van der Waals surface area contributed by atoms with E-state index >= 15 is 0 Å². The van der Waals surface area contributed by atoms with Crippen molar-refractivity contribution in [1.82, 2.24) is 15.8 Å². The van der Waals surface area contributed by atoms with Crippen molar-refractivity contribution in [2.75, 3.05) is 6.54 Å². The molecular weight excluding hydrogens is 406 g/mol. The van der Waals surface area contributed by atoms with Gasteiger partial charge in [0.2, 0.25) is 5.91 Å². The summed E-state index contributed by atoms with van der Waals surface area (Å²) >= 11 is 0. The zero-order chi connectivity index (χ0) is 21.7. The number of rotatable bonds is 6. The predicted octanol–water partition coefficient (Wildman–Crippen LogP) is 3.63. The smallest absolute Gasteiger partial charge is 0.355 e. The van der Waals surface area contributed by atoms with Gasteiger partial charge in [0.05, 0.1) is 6.54 Å². The van der Waals surface area contributed by atoms with E-state index in [-0.39, 0.29) is 11.3 Å². The van der Waals surface area contributed by atoms with Crippen molar-refractivity contribution in [2.24, 2.45) is 0 Å². The Labute approximate surface area is 167 Å². The molecule has 30 heavy (non-hydrogen) atoms. The molecule has 1 aromatic heterocycles. The van der Waals surface area contributed by atoms with E-state index in [4.69, 9.17) is 4.52 Å². The monoisotopic (exact) mass is 421 g/mol. The molecule has 0 bridgehead atoms. The zero-order valence-corrected chi connectivity index (χ0v) is 15.2. The summed E-state index contributed by atoms with van der Waals surface area (Å²) in [4.78, 5) is 24.1. The molecule has 2 aromatic carbocycles. The van der Waals surface area contributed by atoms with Gasteiger partial charge in [-0.15, -0.1) is 0 Å². The zero-order valence-electron chi connectivity index (χ0n) is 15.2. The van der Waals surface area contributed by atoms with E-state index in [1.54, 1.807) is 35.6 Å². The Morgan fingerprint density at radius 2 is 1.70 bits per heavy atom. The number of alkyl halides is 3. The van der Waals surface area contributed by atoms with Gasteiger partial charge in [0.25, 0.3) is 5.91 Å². The highest BCUT2D eigenvalue weighted by Gasteiger charge is 2.41. The Hall–Kier alpha value is -3.69. The number of halogens is 4. The summed E-state index contributed by atoms with van der Waals surface area (Å²) in [6.07, 6.45) is -4.81. The molecule has 0 fully saturated rings. The molecule has 1 atom stereocenters. The Morgan fingerprint density at radius 1 is 1.03 bits per heavy atom. The summed E-state index contributed by atoms with van der Waals surface area (Å²) in [7, 11) is 0. The fraction of sp³-hybridized carbons (Fsp3) is 0.150. The molecule has 0 radical (unpaired) electrons. The minimum absolute atomic E-state index is 0.132. The molecule has 6 nitrogen and oxygen atoms in total. The van der Waals surface area contributed by atoms with Crippen molar-refractivity contribution in [3.63, 3.8) is 0 Å². The van der Waals surface area contributed by atoms with Gasteiger partial charge in [-0.1, -0.05) is 47.6 Å². The lowest BCUT2D eigenvalue weighted by Gasteiger charge is -2.22. The highest BCUT2D eigenvalue weighted by atomic mass is 19.4. The lowest BCUT2D eigenvalue weighted by Crippen LogP contribution is -2.43. The van der Waals surface area contributed by atoms with Crippen molar-refractivity contribution < 1.29 is 31.7 Å². The van der Waals surface area contributed by atoms with Crippen LogP contribution in [0.5, 0.6) is 0 Å². The first-order chi connectivity index (χ1) is 14.2. The second-order valence-electron chi connectivity index (χ2n) is 6.22. The molecule has 3 rings (SSSR count). The summed E-state index contributed by atoms with van der Waals surface area (Å²) in [6.45, 7) is -0.722. The van der Waals surface area contributed by atoms with Crippen molar-refractivity contribution in [2.45, 2.75) is 12.2 Å². The summed E-state index contributed by atoms with van der Waals surface area (Å²) < 4.78 is 57.9. The minimum Gasteiger partial charge on any atom is -0.355 e. The third kappa shape index (κ3) is 5.22. The lowest BCUT2D eigenvalue weighted by atomic mass is 10.1. The largest absolute Gasteiger partial charge is 0.412 e. The van der Waals surface area contributed by atoms with Crippen molar-refractivity contribution >= 4 is 11.8 Å². The molecule has 0 aliphatic heterocycles. The molecule has 0 aliphatic rings. The molecule has 1 heterocycles. The fourth-order valence-corrected chi connectivity index (χ4v) is 2.59. The van der Waals surface area contributed by atoms with Crippen molar-refractivity contribution in [1.29, 1.82) is 0 Å². The van der Waals surface area contributed by atoms with Crippen LogP contribution in [0.2, 0.25) is 0 Å². The lowest BCUT2D eigenvalue weighted by molar-refractivity contribution is -0.163. The summed E-state index contributed by atoms with van der Waals surface area (Å²) in [6, 6.07) is 11.4. The number of amides is 2. The number of hydrogen-bond acceptors (Lipinski definition) is 4. The molecule has 10 heteroatoms. The van der Waals surface area contributed by atoms with Crippen LogP contribution in [0.25, 0.3) is 11.3 Å². The van der Waals surface area contributed by atoms with Gasteiger partial charge >= 0.3 is 6.18 Å². The molecule has 0 aliphatic carbocycles. The second-order valence-corrected chi connectivity index (χ2v) is 6.22. The number of hydrogen-bond donors (Lipinski definition) is 2. The Bertz CT molecular complexity index is 1020. The van der Waals surface area contributed by atoms with Crippen LogP contribution in [0.1, 0.15) is 22.1 Å². The van der Waals surface area contributed by atoms with Crippen LogP contribution < -0.4 is 10.6 Å². The summed E-state index contributed by atoms with van der Waals surface area (Å²) in [5, 5.41) is 7.56. The van der Waals surface area contributed by atoms with Crippen molar-refractivity contribution in [3.05, 3.63) is 77.7 Å². The third-order valence-electron chi connectivity index (χ3n) is 4.05. The van der Waals surface area contributed by atoms with Crippen LogP contribution in [0.15, 0.2) is 65.2 Å². The molecule has 0 spiro atoms. The molecular formula is C20H15F4N3O3. The molecule has 3 aromatic rings. The van der Waals surface area contributed by atoms with Crippen LogP contribution in [0, 0.1) is 5.82 Å². The predicted molar refractivity (Wildman–Crippen MR) is 97.6 cm³/mol. The standard InChI is InChI=1S/C20H15F4N3O3/c21-14-8-6-13(7-9-14)18(20(22,23)24)26-17(28)11-25-19(29)15-10-16(30-27-15)12-4-2-1-3-5-12/h1-10,18H,11H2,(H,25,29)(H,26,28). The summed E-state index contributed by atoms with van der Waals surface area (Å²) in [5.74, 6) is -2.26. The van der Waals surface area contributed by atoms with Gasteiger partial charge in [0.15, 0.2) is 17.5 Å². The van der Waals surface area contributed by atoms with E-state index < -0.39 is 36.4 Å². The average Bonchev–Trinajstić information content (AvgIpc) is 3.21. The van der Waals surface area contributed by atoms with Crippen LogP contribution in [0.4, 0.5) is 17.6 Å². The molecule has 2 amide bonds. The van der Waals surface area contributed by atoms with E-state index in [1.807, 2.05) is 0 Å². The number of nitrogens with zero attached hydrogens (tertiary/aromatic N) is 1. The van der Waals surface area contributed by atoms with E-state index in [0.29, 0.717) is 11.3 Å². The van der Waals surface area contributed by atoms with Gasteiger partial charge in [-0.05, 0) is 17.7 Å². The maximum Gasteiger partial charge on any atom is 0.412 e. The van der Waals surface area contributed by atoms with Gasteiger partial charge in [-0.2, -0.15) is 13.2 Å². The quantitative estimate of drug-likeness (QED) is 0.596. The van der Waals surface area contributed by atoms with Crippen LogP contribution in [-0.4, -0.2) is 29.7 Å². The van der Waals surface area contributed by atoms with E-state index in [9.17, 15) is 27.2 Å². The second kappa shape index (κ2) is 8.76. The topological polar surface area (TPSA) is 84.2 Å². The maximum atomic E-state index is 13.3. The first-order valence-corrected chi connectivity index (χ1v) is 8.66. The Kier molecular flexibility index (Phi) is 6.14. The van der Waals surface area contributed by atoms with Gasteiger partial charge in [0, 0.05) is 11.6 Å². The molecule has 0 saturated heterocycles. The maximum absolute atomic E-state index is 13.3. The molecule has 0 saturated carbocycles. The number of carbonyl (C=O) groups is 2. The summed E-state index contributed by atoms with van der Waals surface area (Å²) in [5.41, 5.74) is 0.203. The molecule has 1 unspecified atom stereocenters. The normalized spacial score (nSPS) is 12.3. The number of aromatic nitrogens is 1. The van der Waals surface area contributed by atoms with Gasteiger partial charge in [-0.25, -0.2) is 4.39 Å². The first-order valence-electron chi connectivity index (χ1n) is 8.66. The number of benzene rings is 2. The molecule has 2 N–H and O–H groups in total. The van der Waals surface area contributed by atoms with E-state index in [0.717, 1.165) is 24.3 Å². The van der Waals surface area contributed by atoms with Crippen molar-refractivity contribution in [3.8, 4) is 11.3 Å². The Morgan fingerprint density at radius 3 is 2.33 bits per heavy atom.